The average molecular weight is 389 g/mol. The van der Waals surface area contributed by atoms with Crippen LogP contribution in [0, 0.1) is 5.82 Å². The molecule has 146 valence electrons. The summed E-state index contributed by atoms with van der Waals surface area (Å²) >= 11 is 0. The SMILES string of the molecule is Fc1ccccc1-c1nnc2ccc(NC3CCOC(c4ccccc4)C3)nn12. The summed E-state index contributed by atoms with van der Waals surface area (Å²) in [6.45, 7) is 0.687. The molecular formula is C22H20FN5O. The number of benzene rings is 2. The lowest BCUT2D eigenvalue weighted by atomic mass is 9.97. The Morgan fingerprint density at radius 1 is 0.966 bits per heavy atom. The van der Waals surface area contributed by atoms with Crippen molar-refractivity contribution in [1.82, 2.24) is 19.8 Å². The molecule has 2 atom stereocenters. The van der Waals surface area contributed by atoms with Crippen LogP contribution in [0.25, 0.3) is 17.0 Å². The van der Waals surface area contributed by atoms with Crippen LogP contribution in [-0.4, -0.2) is 32.5 Å². The Morgan fingerprint density at radius 3 is 2.66 bits per heavy atom. The Labute approximate surface area is 167 Å². The molecule has 4 aromatic rings. The Balaban J connectivity index is 1.40. The van der Waals surface area contributed by atoms with Gasteiger partial charge in [-0.05, 0) is 42.7 Å². The third-order valence-electron chi connectivity index (χ3n) is 5.18. The fourth-order valence-corrected chi connectivity index (χ4v) is 3.71. The number of rotatable bonds is 4. The monoisotopic (exact) mass is 389 g/mol. The highest BCUT2D eigenvalue weighted by Gasteiger charge is 2.24. The first-order valence-electron chi connectivity index (χ1n) is 9.68. The quantitative estimate of drug-likeness (QED) is 0.565. The first-order valence-corrected chi connectivity index (χ1v) is 9.68. The molecule has 7 heteroatoms. The van der Waals surface area contributed by atoms with Gasteiger partial charge >= 0.3 is 0 Å². The van der Waals surface area contributed by atoms with Crippen molar-refractivity contribution in [2.75, 3.05) is 11.9 Å². The predicted octanol–water partition coefficient (Wildman–Crippen LogP) is 4.26. The Morgan fingerprint density at radius 2 is 1.79 bits per heavy atom. The van der Waals surface area contributed by atoms with Crippen molar-refractivity contribution in [2.24, 2.45) is 0 Å². The first-order chi connectivity index (χ1) is 14.3. The van der Waals surface area contributed by atoms with Crippen molar-refractivity contribution in [3.8, 4) is 11.4 Å². The molecule has 0 aliphatic carbocycles. The molecule has 1 aliphatic rings. The zero-order chi connectivity index (χ0) is 19.6. The highest BCUT2D eigenvalue weighted by molar-refractivity contribution is 5.60. The van der Waals surface area contributed by atoms with Gasteiger partial charge in [0.2, 0.25) is 0 Å². The number of nitrogens with zero attached hydrogens (tertiary/aromatic N) is 4. The van der Waals surface area contributed by atoms with Crippen LogP contribution in [0.5, 0.6) is 0 Å². The van der Waals surface area contributed by atoms with Crippen LogP contribution in [0.2, 0.25) is 0 Å². The molecule has 0 saturated carbocycles. The van der Waals surface area contributed by atoms with E-state index in [1.165, 1.54) is 11.6 Å². The van der Waals surface area contributed by atoms with Gasteiger partial charge in [-0.2, -0.15) is 4.52 Å². The number of fused-ring (bicyclic) bond motifs is 1. The summed E-state index contributed by atoms with van der Waals surface area (Å²) in [7, 11) is 0. The van der Waals surface area contributed by atoms with Gasteiger partial charge in [0, 0.05) is 12.6 Å². The molecule has 1 saturated heterocycles. The van der Waals surface area contributed by atoms with E-state index < -0.39 is 0 Å². The van der Waals surface area contributed by atoms with Crippen LogP contribution < -0.4 is 5.32 Å². The summed E-state index contributed by atoms with van der Waals surface area (Å²) in [5.74, 6) is 0.738. The van der Waals surface area contributed by atoms with Gasteiger partial charge in [0.1, 0.15) is 11.6 Å². The highest BCUT2D eigenvalue weighted by Crippen LogP contribution is 2.29. The zero-order valence-electron chi connectivity index (χ0n) is 15.7. The predicted molar refractivity (Wildman–Crippen MR) is 108 cm³/mol. The summed E-state index contributed by atoms with van der Waals surface area (Å²) < 4.78 is 21.8. The number of nitrogens with one attached hydrogen (secondary N) is 1. The highest BCUT2D eigenvalue weighted by atomic mass is 19.1. The number of aromatic nitrogens is 4. The number of ether oxygens (including phenoxy) is 1. The summed E-state index contributed by atoms with van der Waals surface area (Å²) in [5.41, 5.74) is 2.13. The molecule has 1 fully saturated rings. The lowest BCUT2D eigenvalue weighted by Gasteiger charge is -2.30. The minimum absolute atomic E-state index is 0.0649. The van der Waals surface area contributed by atoms with Crippen LogP contribution in [0.1, 0.15) is 24.5 Å². The van der Waals surface area contributed by atoms with E-state index in [-0.39, 0.29) is 18.0 Å². The minimum atomic E-state index is -0.350. The van der Waals surface area contributed by atoms with E-state index in [2.05, 4.69) is 32.7 Å². The maximum Gasteiger partial charge on any atom is 0.188 e. The Bertz CT molecular complexity index is 1130. The van der Waals surface area contributed by atoms with Gasteiger partial charge in [-0.3, -0.25) is 0 Å². The lowest BCUT2D eigenvalue weighted by molar-refractivity contribution is 0.00973. The Kier molecular flexibility index (Phi) is 4.65. The molecule has 2 unspecified atom stereocenters. The third-order valence-corrected chi connectivity index (χ3v) is 5.18. The van der Waals surface area contributed by atoms with Gasteiger partial charge in [0.25, 0.3) is 0 Å². The topological polar surface area (TPSA) is 64.3 Å². The van der Waals surface area contributed by atoms with Crippen molar-refractivity contribution in [3.63, 3.8) is 0 Å². The van der Waals surface area contributed by atoms with Gasteiger partial charge in [-0.1, -0.05) is 42.5 Å². The third kappa shape index (κ3) is 3.56. The van der Waals surface area contributed by atoms with E-state index in [4.69, 9.17) is 4.74 Å². The van der Waals surface area contributed by atoms with Crippen molar-refractivity contribution in [3.05, 3.63) is 78.1 Å². The molecule has 1 aliphatic heterocycles. The molecule has 3 heterocycles. The van der Waals surface area contributed by atoms with Crippen LogP contribution in [-0.2, 0) is 4.74 Å². The van der Waals surface area contributed by atoms with Gasteiger partial charge in [-0.15, -0.1) is 15.3 Å². The fourth-order valence-electron chi connectivity index (χ4n) is 3.71. The molecule has 0 amide bonds. The van der Waals surface area contributed by atoms with Crippen molar-refractivity contribution >= 4 is 11.5 Å². The molecule has 2 aromatic carbocycles. The second-order valence-corrected chi connectivity index (χ2v) is 7.13. The lowest BCUT2D eigenvalue weighted by Crippen LogP contribution is -2.30. The van der Waals surface area contributed by atoms with E-state index in [1.54, 1.807) is 22.7 Å². The summed E-state index contributed by atoms with van der Waals surface area (Å²) in [4.78, 5) is 0. The average Bonchev–Trinajstić information content (AvgIpc) is 3.18. The molecule has 0 bridgehead atoms. The summed E-state index contributed by atoms with van der Waals surface area (Å²) in [5, 5.41) is 16.4. The smallest absolute Gasteiger partial charge is 0.188 e. The second-order valence-electron chi connectivity index (χ2n) is 7.13. The summed E-state index contributed by atoms with van der Waals surface area (Å²) in [6.07, 6.45) is 1.81. The van der Waals surface area contributed by atoms with Crippen molar-refractivity contribution in [1.29, 1.82) is 0 Å². The number of anilines is 1. The molecule has 1 N–H and O–H groups in total. The first kappa shape index (κ1) is 17.8. The molecule has 0 spiro atoms. The van der Waals surface area contributed by atoms with E-state index in [0.29, 0.717) is 29.5 Å². The number of hydrogen-bond donors (Lipinski definition) is 1. The zero-order valence-corrected chi connectivity index (χ0v) is 15.7. The van der Waals surface area contributed by atoms with E-state index in [0.717, 1.165) is 12.8 Å². The van der Waals surface area contributed by atoms with Crippen LogP contribution in [0.15, 0.2) is 66.7 Å². The molecule has 29 heavy (non-hydrogen) atoms. The van der Waals surface area contributed by atoms with Crippen LogP contribution in [0.4, 0.5) is 10.2 Å². The molecule has 5 rings (SSSR count). The normalized spacial score (nSPS) is 19.3. The standard InChI is InChI=1S/C22H20FN5O/c23-18-9-5-4-8-17(18)22-26-25-21-11-10-20(27-28(21)22)24-16-12-13-29-19(14-16)15-6-2-1-3-7-15/h1-11,16,19H,12-14H2,(H,24,27). The van der Waals surface area contributed by atoms with Gasteiger partial charge in [0.05, 0.1) is 11.7 Å². The van der Waals surface area contributed by atoms with Crippen LogP contribution in [0.3, 0.4) is 0 Å². The minimum Gasteiger partial charge on any atom is -0.373 e. The number of hydrogen-bond acceptors (Lipinski definition) is 5. The van der Waals surface area contributed by atoms with E-state index in [9.17, 15) is 4.39 Å². The maximum atomic E-state index is 14.2. The van der Waals surface area contributed by atoms with Gasteiger partial charge in [-0.25, -0.2) is 4.39 Å². The molecule has 0 radical (unpaired) electrons. The maximum absolute atomic E-state index is 14.2. The van der Waals surface area contributed by atoms with Crippen LogP contribution >= 0.6 is 0 Å². The van der Waals surface area contributed by atoms with E-state index in [1.807, 2.05) is 30.3 Å². The molecular weight excluding hydrogens is 369 g/mol. The number of halogens is 1. The second kappa shape index (κ2) is 7.60. The Hall–Kier alpha value is -3.32. The van der Waals surface area contributed by atoms with Gasteiger partial charge in [0.15, 0.2) is 11.5 Å². The summed E-state index contributed by atoms with van der Waals surface area (Å²) in [6, 6.07) is 20.7. The van der Waals surface area contributed by atoms with Crippen molar-refractivity contribution in [2.45, 2.75) is 25.0 Å². The largest absolute Gasteiger partial charge is 0.373 e. The molecule has 6 nitrogen and oxygen atoms in total. The van der Waals surface area contributed by atoms with Gasteiger partial charge < -0.3 is 10.1 Å². The van der Waals surface area contributed by atoms with E-state index >= 15 is 0 Å². The molecule has 2 aromatic heterocycles. The fraction of sp³-hybridized carbons (Fsp3) is 0.227. The van der Waals surface area contributed by atoms with Crippen molar-refractivity contribution < 1.29 is 9.13 Å².